The molecule has 0 radical (unpaired) electrons. The van der Waals surface area contributed by atoms with Gasteiger partial charge in [0.1, 0.15) is 0 Å². The quantitative estimate of drug-likeness (QED) is 0.640. The Morgan fingerprint density at radius 2 is 1.68 bits per heavy atom. The molecule has 0 saturated heterocycles. The number of aliphatic hydroxyl groups excluding tert-OH is 2. The maximum Gasteiger partial charge on any atom is 0.0606 e. The summed E-state index contributed by atoms with van der Waals surface area (Å²) in [7, 11) is 0. The molecule has 0 aromatic heterocycles. The number of anilines is 2. The van der Waals surface area contributed by atoms with Gasteiger partial charge in [0.05, 0.1) is 13.2 Å². The summed E-state index contributed by atoms with van der Waals surface area (Å²) in [4.78, 5) is 1.97. The molecule has 0 aliphatic rings. The van der Waals surface area contributed by atoms with Crippen LogP contribution in [0.5, 0.6) is 0 Å². The normalized spacial score (nSPS) is 12.2. The van der Waals surface area contributed by atoms with Crippen molar-refractivity contribution >= 4 is 11.4 Å². The Morgan fingerprint density at radius 1 is 1.11 bits per heavy atom. The Kier molecular flexibility index (Phi) is 7.30. The summed E-state index contributed by atoms with van der Waals surface area (Å²) in [5, 5.41) is 21.5. The first kappa shape index (κ1) is 15.8. The highest BCUT2D eigenvalue weighted by molar-refractivity contribution is 5.55. The Balaban J connectivity index is 2.63. The lowest BCUT2D eigenvalue weighted by Gasteiger charge is -2.23. The second kappa shape index (κ2) is 8.77. The Hall–Kier alpha value is -1.26. The Bertz CT molecular complexity index is 335. The zero-order valence-electron chi connectivity index (χ0n) is 12.0. The van der Waals surface area contributed by atoms with Crippen LogP contribution in [0.1, 0.15) is 26.7 Å². The van der Waals surface area contributed by atoms with Crippen LogP contribution in [0.4, 0.5) is 11.4 Å². The van der Waals surface area contributed by atoms with Crippen molar-refractivity contribution in [1.29, 1.82) is 0 Å². The number of nitrogens with zero attached hydrogens (tertiary/aromatic N) is 1. The van der Waals surface area contributed by atoms with E-state index in [9.17, 15) is 0 Å². The van der Waals surface area contributed by atoms with Gasteiger partial charge in [0.25, 0.3) is 0 Å². The third-order valence-electron chi connectivity index (χ3n) is 3.11. The van der Waals surface area contributed by atoms with Crippen molar-refractivity contribution in [1.82, 2.24) is 0 Å². The Morgan fingerprint density at radius 3 is 2.16 bits per heavy atom. The molecule has 0 aliphatic heterocycles. The number of aliphatic hydroxyl groups is 2. The van der Waals surface area contributed by atoms with Gasteiger partial charge >= 0.3 is 0 Å². The molecule has 3 N–H and O–H groups in total. The smallest absolute Gasteiger partial charge is 0.0606 e. The number of hydrogen-bond acceptors (Lipinski definition) is 4. The minimum atomic E-state index is 0.0908. The van der Waals surface area contributed by atoms with Crippen LogP contribution in [0.2, 0.25) is 0 Å². The molecule has 0 saturated carbocycles. The molecule has 1 rings (SSSR count). The lowest BCUT2D eigenvalue weighted by molar-refractivity contribution is 0.281. The van der Waals surface area contributed by atoms with Crippen molar-refractivity contribution in [3.8, 4) is 0 Å². The lowest BCUT2D eigenvalue weighted by atomic mass is 10.2. The van der Waals surface area contributed by atoms with Crippen molar-refractivity contribution in [3.63, 3.8) is 0 Å². The van der Waals surface area contributed by atoms with Gasteiger partial charge in [-0.25, -0.2) is 0 Å². The van der Waals surface area contributed by atoms with Gasteiger partial charge in [0, 0.05) is 30.5 Å². The molecule has 0 heterocycles. The maximum atomic E-state index is 9.02. The molecule has 0 amide bonds. The largest absolute Gasteiger partial charge is 0.395 e. The van der Waals surface area contributed by atoms with Gasteiger partial charge in [-0.1, -0.05) is 13.3 Å². The summed E-state index contributed by atoms with van der Waals surface area (Å²) in [6.45, 7) is 5.63. The topological polar surface area (TPSA) is 55.7 Å². The molecule has 0 spiro atoms. The van der Waals surface area contributed by atoms with E-state index in [-0.39, 0.29) is 13.2 Å². The summed E-state index contributed by atoms with van der Waals surface area (Å²) < 4.78 is 0. The number of hydrogen-bond donors (Lipinski definition) is 3. The minimum Gasteiger partial charge on any atom is -0.395 e. The molecule has 1 unspecified atom stereocenters. The summed E-state index contributed by atoms with van der Waals surface area (Å²) >= 11 is 0. The molecule has 1 aromatic carbocycles. The van der Waals surface area contributed by atoms with E-state index in [1.807, 2.05) is 29.2 Å². The van der Waals surface area contributed by atoms with Gasteiger partial charge in [0.2, 0.25) is 0 Å². The molecule has 19 heavy (non-hydrogen) atoms. The average molecular weight is 266 g/mol. The molecule has 0 fully saturated rings. The molecule has 4 nitrogen and oxygen atoms in total. The molecular formula is C15H26N2O2. The van der Waals surface area contributed by atoms with Crippen LogP contribution in [-0.2, 0) is 0 Å². The molecule has 1 aromatic rings. The van der Waals surface area contributed by atoms with Crippen molar-refractivity contribution in [3.05, 3.63) is 24.3 Å². The average Bonchev–Trinajstić information content (AvgIpc) is 2.40. The van der Waals surface area contributed by atoms with Crippen molar-refractivity contribution < 1.29 is 10.2 Å². The SMILES string of the molecule is CCCC(C)Nc1ccc(N(CCO)CCO)cc1. The second-order valence-electron chi connectivity index (χ2n) is 4.82. The van der Waals surface area contributed by atoms with E-state index in [1.165, 1.54) is 6.42 Å². The predicted octanol–water partition coefficient (Wildman–Crippen LogP) is 2.08. The highest BCUT2D eigenvalue weighted by Crippen LogP contribution is 2.18. The zero-order chi connectivity index (χ0) is 14.1. The summed E-state index contributed by atoms with van der Waals surface area (Å²) in [5.41, 5.74) is 2.13. The number of benzene rings is 1. The van der Waals surface area contributed by atoms with Crippen molar-refractivity contribution in [2.24, 2.45) is 0 Å². The van der Waals surface area contributed by atoms with E-state index in [4.69, 9.17) is 10.2 Å². The molecular weight excluding hydrogens is 240 g/mol. The fourth-order valence-electron chi connectivity index (χ4n) is 2.17. The lowest BCUT2D eigenvalue weighted by Crippen LogP contribution is -2.29. The number of rotatable bonds is 9. The zero-order valence-corrected chi connectivity index (χ0v) is 12.0. The van der Waals surface area contributed by atoms with Crippen LogP contribution in [0.15, 0.2) is 24.3 Å². The van der Waals surface area contributed by atoms with Gasteiger partial charge < -0.3 is 20.4 Å². The first-order valence-electron chi connectivity index (χ1n) is 7.04. The molecule has 1 atom stereocenters. The van der Waals surface area contributed by atoms with Gasteiger partial charge in [-0.15, -0.1) is 0 Å². The maximum absolute atomic E-state index is 9.02. The van der Waals surface area contributed by atoms with Gasteiger partial charge in [-0.3, -0.25) is 0 Å². The molecule has 108 valence electrons. The van der Waals surface area contributed by atoms with E-state index >= 15 is 0 Å². The monoisotopic (exact) mass is 266 g/mol. The van der Waals surface area contributed by atoms with Gasteiger partial charge in [-0.05, 0) is 37.6 Å². The van der Waals surface area contributed by atoms with Crippen LogP contribution >= 0.6 is 0 Å². The van der Waals surface area contributed by atoms with Crippen LogP contribution in [0.3, 0.4) is 0 Å². The highest BCUT2D eigenvalue weighted by atomic mass is 16.3. The molecule has 4 heteroatoms. The minimum absolute atomic E-state index is 0.0908. The van der Waals surface area contributed by atoms with Crippen LogP contribution < -0.4 is 10.2 Å². The standard InChI is InChI=1S/C15H26N2O2/c1-3-4-13(2)16-14-5-7-15(8-6-14)17(9-11-18)10-12-19/h5-8,13,16,18-19H,3-4,9-12H2,1-2H3. The molecule has 0 aliphatic carbocycles. The van der Waals surface area contributed by atoms with Gasteiger partial charge in [0.15, 0.2) is 0 Å². The van der Waals surface area contributed by atoms with Crippen LogP contribution in [-0.4, -0.2) is 42.6 Å². The van der Waals surface area contributed by atoms with E-state index in [1.54, 1.807) is 0 Å². The Labute approximate surface area is 116 Å². The third kappa shape index (κ3) is 5.49. The predicted molar refractivity (Wildman–Crippen MR) is 80.8 cm³/mol. The summed E-state index contributed by atoms with van der Waals surface area (Å²) in [6, 6.07) is 8.60. The van der Waals surface area contributed by atoms with Crippen molar-refractivity contribution in [2.75, 3.05) is 36.5 Å². The van der Waals surface area contributed by atoms with Crippen LogP contribution in [0, 0.1) is 0 Å². The summed E-state index contributed by atoms with van der Waals surface area (Å²) in [5.74, 6) is 0. The first-order valence-corrected chi connectivity index (χ1v) is 7.04. The van der Waals surface area contributed by atoms with E-state index in [2.05, 4.69) is 19.2 Å². The highest BCUT2D eigenvalue weighted by Gasteiger charge is 2.06. The van der Waals surface area contributed by atoms with E-state index in [0.29, 0.717) is 19.1 Å². The first-order chi connectivity index (χ1) is 9.21. The van der Waals surface area contributed by atoms with Gasteiger partial charge in [-0.2, -0.15) is 0 Å². The fraction of sp³-hybridized carbons (Fsp3) is 0.600. The van der Waals surface area contributed by atoms with Crippen molar-refractivity contribution in [2.45, 2.75) is 32.7 Å². The molecule has 0 bridgehead atoms. The van der Waals surface area contributed by atoms with Crippen LogP contribution in [0.25, 0.3) is 0 Å². The number of nitrogens with one attached hydrogen (secondary N) is 1. The third-order valence-corrected chi connectivity index (χ3v) is 3.11. The summed E-state index contributed by atoms with van der Waals surface area (Å²) in [6.07, 6.45) is 2.33. The van der Waals surface area contributed by atoms with E-state index < -0.39 is 0 Å². The fourth-order valence-corrected chi connectivity index (χ4v) is 2.17. The second-order valence-corrected chi connectivity index (χ2v) is 4.82. The van der Waals surface area contributed by atoms with E-state index in [0.717, 1.165) is 17.8 Å².